The van der Waals surface area contributed by atoms with Crippen molar-refractivity contribution in [3.63, 3.8) is 0 Å². The summed E-state index contributed by atoms with van der Waals surface area (Å²) in [5, 5.41) is 5.73. The number of benzene rings is 2. The molecule has 0 unspecified atom stereocenters. The molecule has 0 spiro atoms. The smallest absolute Gasteiger partial charge is 0.255 e. The Morgan fingerprint density at radius 3 is 2.33 bits per heavy atom. The molecule has 0 radical (unpaired) electrons. The maximum absolute atomic E-state index is 12.4. The summed E-state index contributed by atoms with van der Waals surface area (Å²) in [6.07, 6.45) is 0. The van der Waals surface area contributed by atoms with Crippen LogP contribution in [0.1, 0.15) is 40.1 Å². The van der Waals surface area contributed by atoms with Crippen LogP contribution in [0.5, 0.6) is 0 Å². The maximum atomic E-state index is 12.4. The predicted octanol–water partition coefficient (Wildman–Crippen LogP) is 4.40. The van der Waals surface area contributed by atoms with E-state index in [1.54, 1.807) is 24.3 Å². The fourth-order valence-electron chi connectivity index (χ4n) is 2.16. The summed E-state index contributed by atoms with van der Waals surface area (Å²) in [6, 6.07) is 12.4. The summed E-state index contributed by atoms with van der Waals surface area (Å²) >= 11 is 3.40. The van der Waals surface area contributed by atoms with E-state index in [2.05, 4.69) is 26.6 Å². The molecular formula is C19H21BrN2O2. The zero-order valence-corrected chi connectivity index (χ0v) is 15.6. The Hall–Kier alpha value is -2.14. The van der Waals surface area contributed by atoms with Crippen LogP contribution >= 0.6 is 15.9 Å². The number of anilines is 1. The molecule has 0 saturated heterocycles. The minimum atomic E-state index is -0.237. The van der Waals surface area contributed by atoms with E-state index in [0.717, 1.165) is 15.7 Å². The lowest BCUT2D eigenvalue weighted by Crippen LogP contribution is -2.27. The van der Waals surface area contributed by atoms with Gasteiger partial charge in [0.1, 0.15) is 0 Å². The fraction of sp³-hybridized carbons (Fsp3) is 0.263. The Balaban J connectivity index is 2.12. The maximum Gasteiger partial charge on any atom is 0.255 e. The highest BCUT2D eigenvalue weighted by Crippen LogP contribution is 2.20. The van der Waals surface area contributed by atoms with Gasteiger partial charge in [-0.1, -0.05) is 35.8 Å². The van der Waals surface area contributed by atoms with Crippen LogP contribution in [0.15, 0.2) is 46.9 Å². The van der Waals surface area contributed by atoms with Crippen molar-refractivity contribution in [2.24, 2.45) is 5.92 Å². The zero-order valence-electron chi connectivity index (χ0n) is 14.0. The lowest BCUT2D eigenvalue weighted by molar-refractivity contribution is 0.0949. The Morgan fingerprint density at radius 2 is 1.71 bits per heavy atom. The van der Waals surface area contributed by atoms with Crippen molar-refractivity contribution in [3.8, 4) is 0 Å². The highest BCUT2D eigenvalue weighted by atomic mass is 79.9. The number of amides is 2. The molecule has 0 bridgehead atoms. The molecule has 0 fully saturated rings. The molecule has 0 aliphatic carbocycles. The van der Waals surface area contributed by atoms with Crippen LogP contribution in [0.3, 0.4) is 0 Å². The molecule has 0 aliphatic rings. The average molecular weight is 389 g/mol. The SMILES string of the molecule is Cc1cc(Br)ccc1NC(=O)c1cccc(C(=O)NCC(C)C)c1. The monoisotopic (exact) mass is 388 g/mol. The molecule has 0 aromatic heterocycles. The first kappa shape index (κ1) is 18.2. The molecule has 5 heteroatoms. The minimum absolute atomic E-state index is 0.168. The second-order valence-electron chi connectivity index (χ2n) is 6.10. The van der Waals surface area contributed by atoms with E-state index < -0.39 is 0 Å². The van der Waals surface area contributed by atoms with Gasteiger partial charge in [-0.3, -0.25) is 9.59 Å². The van der Waals surface area contributed by atoms with E-state index >= 15 is 0 Å². The first-order valence-electron chi connectivity index (χ1n) is 7.82. The third-order valence-corrected chi connectivity index (χ3v) is 3.99. The van der Waals surface area contributed by atoms with E-state index in [-0.39, 0.29) is 11.8 Å². The minimum Gasteiger partial charge on any atom is -0.352 e. The van der Waals surface area contributed by atoms with Crippen molar-refractivity contribution in [1.29, 1.82) is 0 Å². The molecule has 2 rings (SSSR count). The quantitative estimate of drug-likeness (QED) is 0.797. The van der Waals surface area contributed by atoms with E-state index in [1.165, 1.54) is 0 Å². The summed E-state index contributed by atoms with van der Waals surface area (Å²) < 4.78 is 0.960. The zero-order chi connectivity index (χ0) is 17.7. The van der Waals surface area contributed by atoms with Gasteiger partial charge in [0.05, 0.1) is 0 Å². The number of halogens is 1. The summed E-state index contributed by atoms with van der Waals surface area (Å²) in [6.45, 7) is 6.60. The summed E-state index contributed by atoms with van der Waals surface area (Å²) in [4.78, 5) is 24.6. The van der Waals surface area contributed by atoms with Crippen LogP contribution in [0.4, 0.5) is 5.69 Å². The summed E-state index contributed by atoms with van der Waals surface area (Å²) in [5.41, 5.74) is 2.65. The standard InChI is InChI=1S/C19H21BrN2O2/c1-12(2)11-21-18(23)14-5-4-6-15(10-14)19(24)22-17-8-7-16(20)9-13(17)3/h4-10,12H,11H2,1-3H3,(H,21,23)(H,22,24). The Morgan fingerprint density at radius 1 is 1.04 bits per heavy atom. The van der Waals surface area contributed by atoms with Crippen molar-refractivity contribution >= 4 is 33.4 Å². The first-order valence-corrected chi connectivity index (χ1v) is 8.62. The van der Waals surface area contributed by atoms with Crippen molar-refractivity contribution < 1.29 is 9.59 Å². The van der Waals surface area contributed by atoms with Gasteiger partial charge in [0.25, 0.3) is 11.8 Å². The van der Waals surface area contributed by atoms with Crippen molar-refractivity contribution in [2.45, 2.75) is 20.8 Å². The molecule has 24 heavy (non-hydrogen) atoms. The number of hydrogen-bond donors (Lipinski definition) is 2. The molecule has 2 amide bonds. The molecule has 2 aromatic carbocycles. The van der Waals surface area contributed by atoms with Gasteiger partial charge in [-0.2, -0.15) is 0 Å². The van der Waals surface area contributed by atoms with Gasteiger partial charge in [0.2, 0.25) is 0 Å². The number of hydrogen-bond acceptors (Lipinski definition) is 2. The van der Waals surface area contributed by atoms with E-state index in [1.807, 2.05) is 39.0 Å². The fourth-order valence-corrected chi connectivity index (χ4v) is 2.64. The highest BCUT2D eigenvalue weighted by molar-refractivity contribution is 9.10. The third-order valence-electron chi connectivity index (χ3n) is 3.49. The Kier molecular flexibility index (Phi) is 6.15. The molecule has 126 valence electrons. The molecule has 0 aliphatic heterocycles. The van der Waals surface area contributed by atoms with E-state index in [0.29, 0.717) is 23.6 Å². The third kappa shape index (κ3) is 4.93. The van der Waals surface area contributed by atoms with Crippen molar-refractivity contribution in [1.82, 2.24) is 5.32 Å². The predicted molar refractivity (Wildman–Crippen MR) is 100 cm³/mol. The number of carbonyl (C=O) groups is 2. The molecule has 4 nitrogen and oxygen atoms in total. The number of carbonyl (C=O) groups excluding carboxylic acids is 2. The molecular weight excluding hydrogens is 368 g/mol. The Bertz CT molecular complexity index is 757. The lowest BCUT2D eigenvalue weighted by atomic mass is 10.1. The van der Waals surface area contributed by atoms with Gasteiger partial charge in [0, 0.05) is 27.8 Å². The van der Waals surface area contributed by atoms with Gasteiger partial charge in [-0.15, -0.1) is 0 Å². The average Bonchev–Trinajstić information content (AvgIpc) is 2.55. The highest BCUT2D eigenvalue weighted by Gasteiger charge is 2.12. The first-order chi connectivity index (χ1) is 11.4. The number of nitrogens with one attached hydrogen (secondary N) is 2. The van der Waals surface area contributed by atoms with Gasteiger partial charge >= 0.3 is 0 Å². The van der Waals surface area contributed by atoms with Crippen LogP contribution in [-0.2, 0) is 0 Å². The topological polar surface area (TPSA) is 58.2 Å². The van der Waals surface area contributed by atoms with E-state index in [9.17, 15) is 9.59 Å². The van der Waals surface area contributed by atoms with E-state index in [4.69, 9.17) is 0 Å². The summed E-state index contributed by atoms with van der Waals surface area (Å²) in [7, 11) is 0. The molecule has 2 N–H and O–H groups in total. The second kappa shape index (κ2) is 8.11. The normalized spacial score (nSPS) is 10.5. The molecule has 2 aromatic rings. The van der Waals surface area contributed by atoms with Gasteiger partial charge in [-0.25, -0.2) is 0 Å². The summed E-state index contributed by atoms with van der Waals surface area (Å²) in [5.74, 6) is -0.0297. The Labute approximate surface area is 150 Å². The van der Waals surface area contributed by atoms with Crippen LogP contribution in [0, 0.1) is 12.8 Å². The largest absolute Gasteiger partial charge is 0.352 e. The van der Waals surface area contributed by atoms with Crippen LogP contribution in [-0.4, -0.2) is 18.4 Å². The van der Waals surface area contributed by atoms with Gasteiger partial charge < -0.3 is 10.6 Å². The van der Waals surface area contributed by atoms with Crippen molar-refractivity contribution in [3.05, 3.63) is 63.6 Å². The molecule has 0 atom stereocenters. The van der Waals surface area contributed by atoms with Crippen molar-refractivity contribution in [2.75, 3.05) is 11.9 Å². The molecule has 0 heterocycles. The number of aryl methyl sites for hydroxylation is 1. The number of rotatable bonds is 5. The van der Waals surface area contributed by atoms with Crippen LogP contribution in [0.2, 0.25) is 0 Å². The molecule has 0 saturated carbocycles. The second-order valence-corrected chi connectivity index (χ2v) is 7.01. The van der Waals surface area contributed by atoms with Crippen LogP contribution < -0.4 is 10.6 Å². The van der Waals surface area contributed by atoms with Crippen LogP contribution in [0.25, 0.3) is 0 Å². The van der Waals surface area contributed by atoms with Gasteiger partial charge in [-0.05, 0) is 54.8 Å². The lowest BCUT2D eigenvalue weighted by Gasteiger charge is -2.10. The van der Waals surface area contributed by atoms with Gasteiger partial charge in [0.15, 0.2) is 0 Å².